The first-order valence-electron chi connectivity index (χ1n) is 7.59. The number of quaternary nitrogens is 1. The number of ether oxygens (including phenoxy) is 1. The van der Waals surface area contributed by atoms with Crippen LogP contribution in [0.2, 0.25) is 0 Å². The van der Waals surface area contributed by atoms with Crippen molar-refractivity contribution in [3.63, 3.8) is 0 Å². The van der Waals surface area contributed by atoms with Gasteiger partial charge in [-0.05, 0) is 42.5 Å². The SMILES string of the molecule is COc1ccc(C[NH+](C)CN2C(=O)C(=O)c3ccc(F)cc32)cc1. The Kier molecular flexibility index (Phi) is 4.31. The van der Waals surface area contributed by atoms with Crippen LogP contribution >= 0.6 is 0 Å². The molecule has 6 heteroatoms. The fourth-order valence-electron chi connectivity index (χ4n) is 2.84. The first-order valence-corrected chi connectivity index (χ1v) is 7.59. The van der Waals surface area contributed by atoms with Crippen LogP contribution in [-0.4, -0.2) is 32.5 Å². The summed E-state index contributed by atoms with van der Waals surface area (Å²) in [5.74, 6) is -0.873. The Hall–Kier alpha value is -2.73. The summed E-state index contributed by atoms with van der Waals surface area (Å²) in [6.07, 6.45) is 0. The highest BCUT2D eigenvalue weighted by atomic mass is 19.1. The summed E-state index contributed by atoms with van der Waals surface area (Å²) in [5.41, 5.74) is 1.68. The average molecular weight is 329 g/mol. The molecule has 0 spiro atoms. The van der Waals surface area contributed by atoms with E-state index in [9.17, 15) is 14.0 Å². The molecule has 1 unspecified atom stereocenters. The van der Waals surface area contributed by atoms with Gasteiger partial charge in [-0.3, -0.25) is 14.5 Å². The molecule has 1 atom stereocenters. The molecule has 1 N–H and O–H groups in total. The minimum absolute atomic E-state index is 0.263. The normalized spacial score (nSPS) is 14.7. The number of benzene rings is 2. The third-order valence-corrected chi connectivity index (χ3v) is 4.03. The number of fused-ring (bicyclic) bond motifs is 1. The number of carbonyl (C=O) groups is 2. The molecule has 0 saturated heterocycles. The van der Waals surface area contributed by atoms with E-state index < -0.39 is 17.5 Å². The third kappa shape index (κ3) is 3.00. The lowest BCUT2D eigenvalue weighted by atomic mass is 10.1. The molecule has 0 aliphatic carbocycles. The first kappa shape index (κ1) is 16.1. The molecule has 0 saturated carbocycles. The van der Waals surface area contributed by atoms with E-state index in [2.05, 4.69) is 0 Å². The van der Waals surface area contributed by atoms with Gasteiger partial charge in [0.25, 0.3) is 5.78 Å². The average Bonchev–Trinajstić information content (AvgIpc) is 2.80. The lowest BCUT2D eigenvalue weighted by Gasteiger charge is -2.21. The summed E-state index contributed by atoms with van der Waals surface area (Å²) in [6.45, 7) is 0.944. The maximum atomic E-state index is 13.5. The Bertz CT molecular complexity index is 789. The predicted octanol–water partition coefficient (Wildman–Crippen LogP) is 1.04. The van der Waals surface area contributed by atoms with Gasteiger partial charge in [0.2, 0.25) is 0 Å². The van der Waals surface area contributed by atoms with Crippen molar-refractivity contribution >= 4 is 17.4 Å². The quantitative estimate of drug-likeness (QED) is 0.834. The molecule has 1 aliphatic heterocycles. The molecule has 0 radical (unpaired) electrons. The van der Waals surface area contributed by atoms with Crippen LogP contribution in [0.4, 0.5) is 10.1 Å². The van der Waals surface area contributed by atoms with E-state index in [1.807, 2.05) is 31.3 Å². The van der Waals surface area contributed by atoms with E-state index in [1.54, 1.807) is 7.11 Å². The van der Waals surface area contributed by atoms with Crippen molar-refractivity contribution in [1.82, 2.24) is 0 Å². The summed E-state index contributed by atoms with van der Waals surface area (Å²) >= 11 is 0. The fourth-order valence-corrected chi connectivity index (χ4v) is 2.84. The van der Waals surface area contributed by atoms with Crippen LogP contribution in [0.15, 0.2) is 42.5 Å². The Morgan fingerprint density at radius 1 is 1.12 bits per heavy atom. The van der Waals surface area contributed by atoms with Crippen LogP contribution in [0.5, 0.6) is 5.75 Å². The van der Waals surface area contributed by atoms with Gasteiger partial charge in [0, 0.05) is 5.56 Å². The molecule has 24 heavy (non-hydrogen) atoms. The van der Waals surface area contributed by atoms with Gasteiger partial charge in [-0.15, -0.1) is 0 Å². The molecule has 5 nitrogen and oxygen atoms in total. The summed E-state index contributed by atoms with van der Waals surface area (Å²) in [5, 5.41) is 0. The maximum absolute atomic E-state index is 13.5. The van der Waals surface area contributed by atoms with Gasteiger partial charge in [0.05, 0.1) is 25.4 Å². The lowest BCUT2D eigenvalue weighted by molar-refractivity contribution is -0.892. The first-order chi connectivity index (χ1) is 11.5. The predicted molar refractivity (Wildman–Crippen MR) is 86.7 cm³/mol. The van der Waals surface area contributed by atoms with Crippen LogP contribution in [0.3, 0.4) is 0 Å². The summed E-state index contributed by atoms with van der Waals surface area (Å²) < 4.78 is 18.6. The van der Waals surface area contributed by atoms with Crippen LogP contribution in [0.25, 0.3) is 0 Å². The Morgan fingerprint density at radius 2 is 1.83 bits per heavy atom. The van der Waals surface area contributed by atoms with Crippen LogP contribution in [0.1, 0.15) is 15.9 Å². The third-order valence-electron chi connectivity index (χ3n) is 4.03. The van der Waals surface area contributed by atoms with E-state index >= 15 is 0 Å². The van der Waals surface area contributed by atoms with E-state index in [1.165, 1.54) is 23.1 Å². The number of hydrogen-bond acceptors (Lipinski definition) is 3. The van der Waals surface area contributed by atoms with Crippen LogP contribution < -0.4 is 14.5 Å². The number of ketones is 1. The standard InChI is InChI=1S/C18H17FN2O3/c1-20(10-12-3-6-14(24-2)7-4-12)11-21-16-9-13(19)5-8-15(16)17(22)18(21)23/h3-9H,10-11H2,1-2H3/p+1. The highest BCUT2D eigenvalue weighted by molar-refractivity contribution is 6.52. The number of anilines is 1. The monoisotopic (exact) mass is 329 g/mol. The zero-order valence-electron chi connectivity index (χ0n) is 13.5. The number of carbonyl (C=O) groups excluding carboxylic acids is 2. The minimum atomic E-state index is -0.607. The number of nitrogens with one attached hydrogen (secondary N) is 1. The molecule has 2 aromatic rings. The highest BCUT2D eigenvalue weighted by Gasteiger charge is 2.37. The number of halogens is 1. The number of amides is 1. The Morgan fingerprint density at radius 3 is 2.50 bits per heavy atom. The summed E-state index contributed by atoms with van der Waals surface area (Å²) in [6, 6.07) is 11.4. The number of methoxy groups -OCH3 is 1. The van der Waals surface area contributed by atoms with Gasteiger partial charge in [0.1, 0.15) is 18.1 Å². The van der Waals surface area contributed by atoms with Crippen molar-refractivity contribution < 1.29 is 23.6 Å². The fraction of sp³-hybridized carbons (Fsp3) is 0.222. The molecule has 0 aromatic heterocycles. The van der Waals surface area contributed by atoms with E-state index in [0.29, 0.717) is 12.2 Å². The van der Waals surface area contributed by atoms with Gasteiger partial charge >= 0.3 is 5.91 Å². The molecular formula is C18H18FN2O3+. The molecule has 1 amide bonds. The summed E-state index contributed by atoms with van der Waals surface area (Å²) in [7, 11) is 3.53. The Labute approximate surface area is 139 Å². The van der Waals surface area contributed by atoms with Crippen LogP contribution in [0, 0.1) is 5.82 Å². The molecular weight excluding hydrogens is 311 g/mol. The Balaban J connectivity index is 1.74. The molecule has 1 aliphatic rings. The van der Waals surface area contributed by atoms with Crippen LogP contribution in [-0.2, 0) is 11.3 Å². The van der Waals surface area contributed by atoms with E-state index in [-0.39, 0.29) is 12.2 Å². The number of rotatable bonds is 5. The number of nitrogens with zero attached hydrogens (tertiary/aromatic N) is 1. The molecule has 0 fully saturated rings. The van der Waals surface area contributed by atoms with Crippen molar-refractivity contribution in [3.05, 3.63) is 59.4 Å². The van der Waals surface area contributed by atoms with E-state index in [0.717, 1.165) is 16.2 Å². The largest absolute Gasteiger partial charge is 0.497 e. The molecule has 0 bridgehead atoms. The lowest BCUT2D eigenvalue weighted by Crippen LogP contribution is -3.09. The topological polar surface area (TPSA) is 51.1 Å². The van der Waals surface area contributed by atoms with Crippen molar-refractivity contribution in [3.8, 4) is 5.75 Å². The molecule has 2 aromatic carbocycles. The van der Waals surface area contributed by atoms with Gasteiger partial charge in [-0.25, -0.2) is 4.39 Å². The summed E-state index contributed by atoms with van der Waals surface area (Å²) in [4.78, 5) is 26.5. The van der Waals surface area contributed by atoms with Crippen molar-refractivity contribution in [2.75, 3.05) is 25.7 Å². The zero-order chi connectivity index (χ0) is 17.3. The van der Waals surface area contributed by atoms with Gasteiger partial charge in [0.15, 0.2) is 6.67 Å². The second-order valence-corrected chi connectivity index (χ2v) is 5.86. The van der Waals surface area contributed by atoms with E-state index in [4.69, 9.17) is 4.74 Å². The highest BCUT2D eigenvalue weighted by Crippen LogP contribution is 2.28. The second-order valence-electron chi connectivity index (χ2n) is 5.86. The maximum Gasteiger partial charge on any atom is 0.303 e. The minimum Gasteiger partial charge on any atom is -0.497 e. The van der Waals surface area contributed by atoms with Crippen molar-refractivity contribution in [2.24, 2.45) is 0 Å². The second kappa shape index (κ2) is 6.41. The smallest absolute Gasteiger partial charge is 0.303 e. The molecule has 3 rings (SSSR count). The number of hydrogen-bond donors (Lipinski definition) is 1. The van der Waals surface area contributed by atoms with Gasteiger partial charge in [-0.1, -0.05) is 0 Å². The zero-order valence-corrected chi connectivity index (χ0v) is 13.5. The molecule has 1 heterocycles. The molecule has 124 valence electrons. The van der Waals surface area contributed by atoms with Gasteiger partial charge < -0.3 is 9.64 Å². The van der Waals surface area contributed by atoms with Crippen molar-refractivity contribution in [2.45, 2.75) is 6.54 Å². The van der Waals surface area contributed by atoms with Gasteiger partial charge in [-0.2, -0.15) is 0 Å². The number of Topliss-reactive ketones (excluding diaryl/α,β-unsaturated/α-hetero) is 1. The van der Waals surface area contributed by atoms with Crippen molar-refractivity contribution in [1.29, 1.82) is 0 Å².